The zero-order chi connectivity index (χ0) is 20.3. The molecule has 4 nitrogen and oxygen atoms in total. The van der Waals surface area contributed by atoms with E-state index in [1.54, 1.807) is 6.92 Å². The fraction of sp³-hybridized carbons (Fsp3) is 0.905. The summed E-state index contributed by atoms with van der Waals surface area (Å²) in [6.07, 6.45) is 0.997. The molecule has 0 N–H and O–H groups in total. The molecule has 0 aliphatic rings. The molecule has 0 radical (unpaired) electrons. The lowest BCUT2D eigenvalue weighted by atomic mass is 9.76. The maximum Gasteiger partial charge on any atom is 0.311 e. The van der Waals surface area contributed by atoms with Crippen molar-refractivity contribution in [2.45, 2.75) is 95.1 Å². The summed E-state index contributed by atoms with van der Waals surface area (Å²) < 4.78 is 10.9. The molecule has 0 saturated carbocycles. The first-order chi connectivity index (χ1) is 10.9. The molecule has 0 bridgehead atoms. The van der Waals surface area contributed by atoms with Crippen molar-refractivity contribution in [2.24, 2.45) is 21.7 Å². The quantitative estimate of drug-likeness (QED) is 0.574. The number of rotatable bonds is 7. The van der Waals surface area contributed by atoms with Gasteiger partial charge in [0.2, 0.25) is 0 Å². The van der Waals surface area contributed by atoms with E-state index in [4.69, 9.17) is 9.47 Å². The van der Waals surface area contributed by atoms with E-state index in [1.807, 2.05) is 27.7 Å². The molecule has 0 aliphatic carbocycles. The highest BCUT2D eigenvalue weighted by molar-refractivity contribution is 5.77. The van der Waals surface area contributed by atoms with Gasteiger partial charge >= 0.3 is 11.9 Å². The predicted octanol–water partition coefficient (Wildman–Crippen LogP) is 5.39. The molecule has 0 heterocycles. The topological polar surface area (TPSA) is 52.6 Å². The smallest absolute Gasteiger partial charge is 0.311 e. The molecule has 0 fully saturated rings. The van der Waals surface area contributed by atoms with Crippen LogP contribution in [0.1, 0.15) is 89.0 Å². The Balaban J connectivity index is 4.59. The van der Waals surface area contributed by atoms with Crippen LogP contribution in [0.4, 0.5) is 0 Å². The summed E-state index contributed by atoms with van der Waals surface area (Å²) in [6, 6.07) is 0. The number of carbonyl (C=O) groups excluding carboxylic acids is 2. The monoisotopic (exact) mass is 356 g/mol. The van der Waals surface area contributed by atoms with Crippen LogP contribution in [-0.4, -0.2) is 24.6 Å². The number of esters is 2. The summed E-state index contributed by atoms with van der Waals surface area (Å²) in [4.78, 5) is 24.8. The van der Waals surface area contributed by atoms with Crippen molar-refractivity contribution in [2.75, 3.05) is 6.61 Å². The number of carbonyl (C=O) groups is 2. The zero-order valence-electron chi connectivity index (χ0n) is 18.3. The maximum absolute atomic E-state index is 12.4. The van der Waals surface area contributed by atoms with Gasteiger partial charge in [-0.1, -0.05) is 41.5 Å². The van der Waals surface area contributed by atoms with Crippen LogP contribution in [0.25, 0.3) is 0 Å². The Labute approximate surface area is 155 Å². The maximum atomic E-state index is 12.4. The molecule has 0 spiro atoms. The first-order valence-corrected chi connectivity index (χ1v) is 9.24. The first kappa shape index (κ1) is 23.9. The van der Waals surface area contributed by atoms with Crippen molar-refractivity contribution in [1.29, 1.82) is 0 Å². The second-order valence-electron chi connectivity index (χ2n) is 11.1. The van der Waals surface area contributed by atoms with Crippen molar-refractivity contribution in [3.63, 3.8) is 0 Å². The molecule has 148 valence electrons. The third kappa shape index (κ3) is 9.86. The van der Waals surface area contributed by atoms with Crippen LogP contribution in [-0.2, 0) is 19.1 Å². The van der Waals surface area contributed by atoms with E-state index in [9.17, 15) is 9.59 Å². The lowest BCUT2D eigenvalue weighted by Crippen LogP contribution is -2.36. The molecule has 1 unspecified atom stereocenters. The third-order valence-electron chi connectivity index (χ3n) is 3.81. The Bertz CT molecular complexity index is 461. The summed E-state index contributed by atoms with van der Waals surface area (Å²) in [5.41, 5.74) is -1.05. The summed E-state index contributed by atoms with van der Waals surface area (Å²) in [7, 11) is 0. The van der Waals surface area contributed by atoms with Gasteiger partial charge < -0.3 is 9.47 Å². The Morgan fingerprint density at radius 2 is 1.08 bits per heavy atom. The molecule has 0 amide bonds. The van der Waals surface area contributed by atoms with Gasteiger partial charge in [0, 0.05) is 0 Å². The summed E-state index contributed by atoms with van der Waals surface area (Å²) in [5, 5.41) is 0. The highest BCUT2D eigenvalue weighted by atomic mass is 16.6. The van der Waals surface area contributed by atoms with Crippen molar-refractivity contribution in [3.05, 3.63) is 0 Å². The van der Waals surface area contributed by atoms with Gasteiger partial charge in [0.15, 0.2) is 0 Å². The molecule has 4 heteroatoms. The molecule has 25 heavy (non-hydrogen) atoms. The molecule has 0 aromatic carbocycles. The van der Waals surface area contributed by atoms with Crippen LogP contribution < -0.4 is 0 Å². The number of ether oxygens (including phenoxy) is 2. The van der Waals surface area contributed by atoms with Crippen LogP contribution in [0.2, 0.25) is 0 Å². The first-order valence-electron chi connectivity index (χ1n) is 9.24. The zero-order valence-corrected chi connectivity index (χ0v) is 18.3. The van der Waals surface area contributed by atoms with Gasteiger partial charge in [-0.3, -0.25) is 9.59 Å². The van der Waals surface area contributed by atoms with Crippen LogP contribution in [0, 0.1) is 21.7 Å². The fourth-order valence-electron chi connectivity index (χ4n) is 3.56. The highest BCUT2D eigenvalue weighted by Gasteiger charge is 2.36. The standard InChI is InChI=1S/C21H40O4/c1-15(25-17(23)21(10,11)14-19(5,6)7)12-24-16(22)20(8,9)13-18(2,3)4/h15H,12-14H2,1-11H3. The molecule has 0 saturated heterocycles. The van der Waals surface area contributed by atoms with E-state index in [-0.39, 0.29) is 29.4 Å². The Morgan fingerprint density at radius 3 is 1.44 bits per heavy atom. The van der Waals surface area contributed by atoms with Crippen LogP contribution in [0.15, 0.2) is 0 Å². The minimum atomic E-state index is -0.567. The molecule has 0 aromatic rings. The third-order valence-corrected chi connectivity index (χ3v) is 3.81. The van der Waals surface area contributed by atoms with Crippen LogP contribution >= 0.6 is 0 Å². The normalized spacial score (nSPS) is 14.8. The SMILES string of the molecule is CC(COC(=O)C(C)(C)CC(C)(C)C)OC(=O)C(C)(C)CC(C)(C)C. The highest BCUT2D eigenvalue weighted by Crippen LogP contribution is 2.35. The molecular formula is C21H40O4. The largest absolute Gasteiger partial charge is 0.461 e. The molecular weight excluding hydrogens is 316 g/mol. The van der Waals surface area contributed by atoms with Gasteiger partial charge in [0.05, 0.1) is 10.8 Å². The number of hydrogen-bond donors (Lipinski definition) is 0. The van der Waals surface area contributed by atoms with Crippen molar-refractivity contribution in [1.82, 2.24) is 0 Å². The van der Waals surface area contributed by atoms with E-state index in [0.29, 0.717) is 0 Å². The lowest BCUT2D eigenvalue weighted by molar-refractivity contribution is -0.170. The predicted molar refractivity (Wildman–Crippen MR) is 102 cm³/mol. The van der Waals surface area contributed by atoms with Gasteiger partial charge in [-0.15, -0.1) is 0 Å². The van der Waals surface area contributed by atoms with E-state index in [1.165, 1.54) is 0 Å². The second kappa shape index (κ2) is 8.09. The van der Waals surface area contributed by atoms with Crippen molar-refractivity contribution < 1.29 is 19.1 Å². The Morgan fingerprint density at radius 1 is 0.720 bits per heavy atom. The summed E-state index contributed by atoms with van der Waals surface area (Å²) >= 11 is 0. The summed E-state index contributed by atoms with van der Waals surface area (Å²) in [6.45, 7) is 22.0. The van der Waals surface area contributed by atoms with Gasteiger partial charge in [-0.05, 0) is 58.3 Å². The number of hydrogen-bond acceptors (Lipinski definition) is 4. The molecule has 0 aromatic heterocycles. The molecule has 0 aliphatic heterocycles. The molecule has 0 rings (SSSR count). The minimum absolute atomic E-state index is 0.0369. The second-order valence-corrected chi connectivity index (χ2v) is 11.1. The van der Waals surface area contributed by atoms with E-state index < -0.39 is 16.9 Å². The van der Waals surface area contributed by atoms with Gasteiger partial charge in [0.1, 0.15) is 12.7 Å². The Kier molecular flexibility index (Phi) is 7.75. The molecule has 1 atom stereocenters. The van der Waals surface area contributed by atoms with Gasteiger partial charge in [0.25, 0.3) is 0 Å². The average Bonchev–Trinajstić information content (AvgIpc) is 2.29. The van der Waals surface area contributed by atoms with Crippen LogP contribution in [0.5, 0.6) is 0 Å². The lowest BCUT2D eigenvalue weighted by Gasteiger charge is -2.32. The van der Waals surface area contributed by atoms with E-state index in [2.05, 4.69) is 41.5 Å². The average molecular weight is 357 g/mol. The van der Waals surface area contributed by atoms with Crippen LogP contribution in [0.3, 0.4) is 0 Å². The van der Waals surface area contributed by atoms with E-state index >= 15 is 0 Å². The Hall–Kier alpha value is -1.06. The van der Waals surface area contributed by atoms with Gasteiger partial charge in [-0.25, -0.2) is 0 Å². The van der Waals surface area contributed by atoms with E-state index in [0.717, 1.165) is 12.8 Å². The minimum Gasteiger partial charge on any atom is -0.461 e. The van der Waals surface area contributed by atoms with Gasteiger partial charge in [-0.2, -0.15) is 0 Å². The van der Waals surface area contributed by atoms with Crippen molar-refractivity contribution >= 4 is 11.9 Å². The van der Waals surface area contributed by atoms with Crippen molar-refractivity contribution in [3.8, 4) is 0 Å². The fourth-order valence-corrected chi connectivity index (χ4v) is 3.56. The summed E-state index contributed by atoms with van der Waals surface area (Å²) in [5.74, 6) is -0.501.